The van der Waals surface area contributed by atoms with Crippen LogP contribution >= 0.6 is 11.6 Å². The number of fused-ring (bicyclic) bond motifs is 1. The van der Waals surface area contributed by atoms with Gasteiger partial charge in [-0.05, 0) is 38.2 Å². The van der Waals surface area contributed by atoms with Gasteiger partial charge < -0.3 is 14.2 Å². The summed E-state index contributed by atoms with van der Waals surface area (Å²) in [6.07, 6.45) is 1.72. The third-order valence-electron chi connectivity index (χ3n) is 4.90. The summed E-state index contributed by atoms with van der Waals surface area (Å²) in [7, 11) is 0. The van der Waals surface area contributed by atoms with Crippen LogP contribution in [0.25, 0.3) is 0 Å². The van der Waals surface area contributed by atoms with Crippen molar-refractivity contribution in [2.75, 3.05) is 6.79 Å². The molecule has 0 bridgehead atoms. The Kier molecular flexibility index (Phi) is 4.28. The summed E-state index contributed by atoms with van der Waals surface area (Å²) in [5.74, 6) is 1.20. The number of allylic oxidation sites excluding steroid dienone is 2. The summed E-state index contributed by atoms with van der Waals surface area (Å²) < 4.78 is 16.4. The highest BCUT2D eigenvalue weighted by Crippen LogP contribution is 2.60. The first-order chi connectivity index (χ1) is 11.2. The van der Waals surface area contributed by atoms with Gasteiger partial charge in [0.1, 0.15) is 6.10 Å². The molecule has 1 aromatic carbocycles. The number of hydrogen-bond acceptors (Lipinski definition) is 4. The Balaban J connectivity index is 1.73. The summed E-state index contributed by atoms with van der Waals surface area (Å²) >= 11 is 6.30. The zero-order chi connectivity index (χ0) is 17.6. The topological polar surface area (TPSA) is 44.8 Å². The maximum atomic E-state index is 12.6. The number of ether oxygens (including phenoxy) is 3. The fourth-order valence-corrected chi connectivity index (χ4v) is 3.66. The van der Waals surface area contributed by atoms with E-state index in [9.17, 15) is 4.79 Å². The van der Waals surface area contributed by atoms with Gasteiger partial charge in [0, 0.05) is 11.6 Å². The molecule has 3 rings (SSSR count). The third kappa shape index (κ3) is 3.00. The lowest BCUT2D eigenvalue weighted by atomic mass is 10.1. The van der Waals surface area contributed by atoms with E-state index < -0.39 is 6.10 Å². The largest absolute Gasteiger partial charge is 0.457 e. The number of halogens is 1. The van der Waals surface area contributed by atoms with Gasteiger partial charge in [-0.2, -0.15) is 0 Å². The highest BCUT2D eigenvalue weighted by molar-refractivity contribution is 6.31. The first-order valence-electron chi connectivity index (χ1n) is 8.16. The first-order valence-corrected chi connectivity index (χ1v) is 8.54. The molecule has 0 saturated heterocycles. The molecule has 1 aromatic rings. The number of benzene rings is 1. The van der Waals surface area contributed by atoms with E-state index in [2.05, 4.69) is 19.9 Å². The van der Waals surface area contributed by atoms with E-state index >= 15 is 0 Å². The van der Waals surface area contributed by atoms with Crippen LogP contribution in [0.5, 0.6) is 11.5 Å². The van der Waals surface area contributed by atoms with Crippen molar-refractivity contribution in [2.24, 2.45) is 17.3 Å². The second-order valence-corrected chi connectivity index (χ2v) is 7.78. The van der Waals surface area contributed by atoms with Gasteiger partial charge in [0.2, 0.25) is 6.79 Å². The lowest BCUT2D eigenvalue weighted by molar-refractivity contribution is -0.151. The lowest BCUT2D eigenvalue weighted by Crippen LogP contribution is -2.14. The van der Waals surface area contributed by atoms with E-state index in [1.165, 1.54) is 5.57 Å². The van der Waals surface area contributed by atoms with Gasteiger partial charge in [-0.25, -0.2) is 0 Å². The Morgan fingerprint density at radius 2 is 1.96 bits per heavy atom. The monoisotopic (exact) mass is 350 g/mol. The Hall–Kier alpha value is -1.68. The van der Waals surface area contributed by atoms with Crippen molar-refractivity contribution in [1.82, 2.24) is 0 Å². The molecule has 1 fully saturated rings. The van der Waals surface area contributed by atoms with Crippen molar-refractivity contribution in [3.8, 4) is 11.5 Å². The molecular weight excluding hydrogens is 328 g/mol. The molecule has 130 valence electrons. The normalized spacial score (nSPS) is 24.2. The van der Waals surface area contributed by atoms with Crippen LogP contribution in [0, 0.1) is 17.3 Å². The van der Waals surface area contributed by atoms with Crippen molar-refractivity contribution in [3.05, 3.63) is 34.4 Å². The van der Waals surface area contributed by atoms with E-state index in [4.69, 9.17) is 25.8 Å². The van der Waals surface area contributed by atoms with Gasteiger partial charge in [-0.3, -0.25) is 4.79 Å². The summed E-state index contributed by atoms with van der Waals surface area (Å²) in [6, 6.07) is 3.49. The quantitative estimate of drug-likeness (QED) is 0.571. The number of carbonyl (C=O) groups is 1. The summed E-state index contributed by atoms with van der Waals surface area (Å²) in [4.78, 5) is 12.6. The zero-order valence-electron chi connectivity index (χ0n) is 14.7. The van der Waals surface area contributed by atoms with Crippen LogP contribution in [0.3, 0.4) is 0 Å². The zero-order valence-corrected chi connectivity index (χ0v) is 15.4. The van der Waals surface area contributed by atoms with Crippen LogP contribution in [0.2, 0.25) is 5.02 Å². The van der Waals surface area contributed by atoms with Crippen LogP contribution in [-0.4, -0.2) is 12.8 Å². The standard InChI is InChI=1S/C19H23ClO4/c1-10(2)6-13-17(19(13,4)5)18(21)24-11(3)12-7-15-16(8-14(12)20)23-9-22-15/h6-8,11,13,17H,9H2,1-5H3/t11-,13+,17-/m1/s1. The van der Waals surface area contributed by atoms with E-state index in [1.807, 2.05) is 20.8 Å². The minimum Gasteiger partial charge on any atom is -0.457 e. The van der Waals surface area contributed by atoms with Crippen LogP contribution in [-0.2, 0) is 9.53 Å². The molecule has 0 aromatic heterocycles. The third-order valence-corrected chi connectivity index (χ3v) is 5.23. The van der Waals surface area contributed by atoms with Crippen LogP contribution < -0.4 is 9.47 Å². The maximum Gasteiger partial charge on any atom is 0.310 e. The smallest absolute Gasteiger partial charge is 0.310 e. The summed E-state index contributed by atoms with van der Waals surface area (Å²) in [5.41, 5.74) is 1.88. The van der Waals surface area contributed by atoms with Crippen molar-refractivity contribution in [3.63, 3.8) is 0 Å². The van der Waals surface area contributed by atoms with E-state index in [-0.39, 0.29) is 30.0 Å². The van der Waals surface area contributed by atoms with Crippen molar-refractivity contribution >= 4 is 17.6 Å². The predicted molar refractivity (Wildman–Crippen MR) is 92.3 cm³/mol. The fourth-order valence-electron chi connectivity index (χ4n) is 3.35. The molecule has 1 saturated carbocycles. The Bertz CT molecular complexity index is 704. The maximum absolute atomic E-state index is 12.6. The van der Waals surface area contributed by atoms with Crippen molar-refractivity contribution in [2.45, 2.75) is 40.7 Å². The van der Waals surface area contributed by atoms with Gasteiger partial charge >= 0.3 is 5.97 Å². The first kappa shape index (κ1) is 17.2. The summed E-state index contributed by atoms with van der Waals surface area (Å²) in [6.45, 7) is 10.3. The highest BCUT2D eigenvalue weighted by Gasteiger charge is 2.61. The van der Waals surface area contributed by atoms with Crippen LogP contribution in [0.15, 0.2) is 23.8 Å². The Morgan fingerprint density at radius 3 is 2.58 bits per heavy atom. The lowest BCUT2D eigenvalue weighted by Gasteiger charge is -2.16. The second kappa shape index (κ2) is 5.99. The molecule has 24 heavy (non-hydrogen) atoms. The number of hydrogen-bond donors (Lipinski definition) is 0. The minimum absolute atomic E-state index is 0.0627. The average Bonchev–Trinajstić information content (AvgIpc) is 2.82. The molecule has 0 radical (unpaired) electrons. The minimum atomic E-state index is -0.441. The van der Waals surface area contributed by atoms with E-state index in [1.54, 1.807) is 12.1 Å². The molecular formula is C19H23ClO4. The van der Waals surface area contributed by atoms with Gasteiger partial charge in [-0.1, -0.05) is 37.1 Å². The molecule has 1 heterocycles. The Morgan fingerprint density at radius 1 is 1.33 bits per heavy atom. The van der Waals surface area contributed by atoms with Gasteiger partial charge in [0.15, 0.2) is 11.5 Å². The van der Waals surface area contributed by atoms with Crippen molar-refractivity contribution < 1.29 is 19.0 Å². The van der Waals surface area contributed by atoms with Gasteiger partial charge in [0.05, 0.1) is 10.9 Å². The molecule has 1 aliphatic heterocycles. The number of esters is 1. The average molecular weight is 351 g/mol. The van der Waals surface area contributed by atoms with E-state index in [0.717, 1.165) is 5.56 Å². The molecule has 0 amide bonds. The van der Waals surface area contributed by atoms with E-state index in [0.29, 0.717) is 16.5 Å². The number of carbonyl (C=O) groups excluding carboxylic acids is 1. The molecule has 2 aliphatic rings. The SMILES string of the molecule is CC(C)=C[C@H]1[C@H](C(=O)O[C@H](C)c2cc3c(cc2Cl)OCO3)C1(C)C. The molecule has 0 N–H and O–H groups in total. The summed E-state index contributed by atoms with van der Waals surface area (Å²) in [5, 5.41) is 0.510. The predicted octanol–water partition coefficient (Wildman–Crippen LogP) is 4.91. The molecule has 4 nitrogen and oxygen atoms in total. The molecule has 1 aliphatic carbocycles. The highest BCUT2D eigenvalue weighted by atomic mass is 35.5. The van der Waals surface area contributed by atoms with Crippen LogP contribution in [0.4, 0.5) is 0 Å². The van der Waals surface area contributed by atoms with Crippen LogP contribution in [0.1, 0.15) is 46.3 Å². The fraction of sp³-hybridized carbons (Fsp3) is 0.526. The number of rotatable bonds is 4. The van der Waals surface area contributed by atoms with Gasteiger partial charge in [0.25, 0.3) is 0 Å². The van der Waals surface area contributed by atoms with Crippen molar-refractivity contribution in [1.29, 1.82) is 0 Å². The Labute approximate surface area is 147 Å². The van der Waals surface area contributed by atoms with Gasteiger partial charge in [-0.15, -0.1) is 0 Å². The second-order valence-electron chi connectivity index (χ2n) is 7.37. The molecule has 0 unspecified atom stereocenters. The molecule has 0 spiro atoms. The molecule has 3 atom stereocenters. The molecule has 5 heteroatoms.